The highest BCUT2D eigenvalue weighted by molar-refractivity contribution is 9.10. The van der Waals surface area contributed by atoms with Crippen molar-refractivity contribution in [3.05, 3.63) is 62.1 Å². The summed E-state index contributed by atoms with van der Waals surface area (Å²) in [5, 5.41) is 22.9. The van der Waals surface area contributed by atoms with Crippen LogP contribution >= 0.6 is 15.9 Å². The highest BCUT2D eigenvalue weighted by Gasteiger charge is 2.13. The predicted octanol–water partition coefficient (Wildman–Crippen LogP) is 4.28. The third-order valence-electron chi connectivity index (χ3n) is 2.78. The number of nitro groups is 1. The minimum Gasteiger partial charge on any atom is -0.355 e. The molecule has 5 nitrogen and oxygen atoms in total. The molecule has 0 heterocycles. The molecule has 0 atom stereocenters. The van der Waals surface area contributed by atoms with Crippen molar-refractivity contribution in [2.45, 2.75) is 6.92 Å². The zero-order chi connectivity index (χ0) is 14.7. The van der Waals surface area contributed by atoms with Crippen LogP contribution in [-0.4, -0.2) is 4.92 Å². The van der Waals surface area contributed by atoms with Crippen LogP contribution in [-0.2, 0) is 0 Å². The number of anilines is 2. The lowest BCUT2D eigenvalue weighted by atomic mass is 10.1. The largest absolute Gasteiger partial charge is 0.355 e. The van der Waals surface area contributed by atoms with Crippen molar-refractivity contribution < 1.29 is 4.92 Å². The maximum absolute atomic E-state index is 10.8. The van der Waals surface area contributed by atoms with Gasteiger partial charge in [-0.3, -0.25) is 10.1 Å². The molecule has 0 amide bonds. The zero-order valence-electron chi connectivity index (χ0n) is 10.6. The number of aryl methyl sites for hydroxylation is 1. The zero-order valence-corrected chi connectivity index (χ0v) is 12.1. The van der Waals surface area contributed by atoms with Crippen molar-refractivity contribution in [2.24, 2.45) is 0 Å². The normalized spacial score (nSPS) is 9.85. The number of rotatable bonds is 3. The third kappa shape index (κ3) is 2.95. The number of nitrogens with zero attached hydrogens (tertiary/aromatic N) is 2. The van der Waals surface area contributed by atoms with Gasteiger partial charge in [-0.15, -0.1) is 0 Å². The number of nitro benzene ring substituents is 1. The molecule has 0 saturated carbocycles. The molecule has 2 aromatic carbocycles. The van der Waals surface area contributed by atoms with Crippen molar-refractivity contribution in [3.63, 3.8) is 0 Å². The molecule has 0 aliphatic heterocycles. The first-order chi connectivity index (χ1) is 9.51. The molecule has 0 fully saturated rings. The van der Waals surface area contributed by atoms with Crippen molar-refractivity contribution in [1.29, 1.82) is 5.26 Å². The molecule has 6 heteroatoms. The molecule has 0 bridgehead atoms. The van der Waals surface area contributed by atoms with E-state index in [1.54, 1.807) is 6.07 Å². The van der Waals surface area contributed by atoms with E-state index in [2.05, 4.69) is 21.2 Å². The lowest BCUT2D eigenvalue weighted by Crippen LogP contribution is -1.96. The van der Waals surface area contributed by atoms with Gasteiger partial charge >= 0.3 is 0 Å². The second-order valence-corrected chi connectivity index (χ2v) is 5.10. The molecule has 0 aliphatic rings. The Kier molecular flexibility index (Phi) is 4.01. The smallest absolute Gasteiger partial charge is 0.287 e. The molecule has 0 aromatic heterocycles. The van der Waals surface area contributed by atoms with E-state index in [4.69, 9.17) is 5.26 Å². The molecule has 100 valence electrons. The Hall–Kier alpha value is -2.39. The lowest BCUT2D eigenvalue weighted by Gasteiger charge is -2.10. The molecule has 0 unspecified atom stereocenters. The molecule has 0 aliphatic carbocycles. The molecule has 1 N–H and O–H groups in total. The fraction of sp³-hybridized carbons (Fsp3) is 0.0714. The number of nitrogens with one attached hydrogen (secondary N) is 1. The van der Waals surface area contributed by atoms with Crippen molar-refractivity contribution in [2.75, 3.05) is 5.32 Å². The summed E-state index contributed by atoms with van der Waals surface area (Å²) in [6, 6.07) is 12.0. The van der Waals surface area contributed by atoms with Gasteiger partial charge in [0.25, 0.3) is 5.69 Å². The van der Waals surface area contributed by atoms with Gasteiger partial charge in [0.15, 0.2) is 0 Å². The summed E-state index contributed by atoms with van der Waals surface area (Å²) < 4.78 is 0.974. The summed E-state index contributed by atoms with van der Waals surface area (Å²) in [6.07, 6.45) is 0. The molecule has 0 radical (unpaired) electrons. The van der Waals surface area contributed by atoms with E-state index in [0.29, 0.717) is 5.69 Å². The van der Waals surface area contributed by atoms with Crippen LogP contribution < -0.4 is 5.32 Å². The van der Waals surface area contributed by atoms with Crippen molar-refractivity contribution in [1.82, 2.24) is 0 Å². The van der Waals surface area contributed by atoms with E-state index in [-0.39, 0.29) is 11.3 Å². The Bertz CT molecular complexity index is 723. The van der Waals surface area contributed by atoms with Gasteiger partial charge in [0.1, 0.15) is 11.6 Å². The molecular formula is C14H10BrN3O2. The van der Waals surface area contributed by atoms with Gasteiger partial charge in [-0.1, -0.05) is 15.9 Å². The van der Waals surface area contributed by atoms with Gasteiger partial charge < -0.3 is 5.32 Å². The minimum atomic E-state index is -0.562. The summed E-state index contributed by atoms with van der Waals surface area (Å²) in [4.78, 5) is 10.2. The second kappa shape index (κ2) is 5.72. The average Bonchev–Trinajstić information content (AvgIpc) is 2.41. The van der Waals surface area contributed by atoms with Gasteiger partial charge in [0.2, 0.25) is 0 Å². The van der Waals surface area contributed by atoms with Crippen LogP contribution in [0, 0.1) is 28.4 Å². The number of hydrogen-bond acceptors (Lipinski definition) is 4. The Labute approximate surface area is 124 Å². The highest BCUT2D eigenvalue weighted by atomic mass is 79.9. The second-order valence-electron chi connectivity index (χ2n) is 4.19. The molecular weight excluding hydrogens is 322 g/mol. The maximum atomic E-state index is 10.8. The number of halogens is 1. The van der Waals surface area contributed by atoms with Gasteiger partial charge in [0.05, 0.1) is 4.92 Å². The topological polar surface area (TPSA) is 79.0 Å². The number of benzene rings is 2. The monoisotopic (exact) mass is 331 g/mol. The van der Waals surface area contributed by atoms with E-state index in [9.17, 15) is 10.1 Å². The van der Waals surface area contributed by atoms with E-state index in [1.165, 1.54) is 12.1 Å². The first-order valence-electron chi connectivity index (χ1n) is 5.73. The standard InChI is InChI=1S/C14H10BrN3O2/c1-9-6-11(15)2-4-13(9)17-12-3-5-14(18(19)20)10(7-12)8-16/h2-7,17H,1H3. The van der Waals surface area contributed by atoms with Crippen LogP contribution in [0.3, 0.4) is 0 Å². The van der Waals surface area contributed by atoms with Crippen LogP contribution in [0.2, 0.25) is 0 Å². The van der Waals surface area contributed by atoms with Gasteiger partial charge in [-0.2, -0.15) is 5.26 Å². The Morgan fingerprint density at radius 3 is 2.65 bits per heavy atom. The third-order valence-corrected chi connectivity index (χ3v) is 3.27. The number of hydrogen-bond donors (Lipinski definition) is 1. The molecule has 20 heavy (non-hydrogen) atoms. The summed E-state index contributed by atoms with van der Waals surface area (Å²) in [5.41, 5.74) is 2.39. The summed E-state index contributed by atoms with van der Waals surface area (Å²) in [7, 11) is 0. The average molecular weight is 332 g/mol. The first-order valence-corrected chi connectivity index (χ1v) is 6.52. The molecule has 2 aromatic rings. The predicted molar refractivity (Wildman–Crippen MR) is 80.0 cm³/mol. The Morgan fingerprint density at radius 1 is 1.30 bits per heavy atom. The first kappa shape index (κ1) is 14.0. The van der Waals surface area contributed by atoms with Crippen LogP contribution in [0.4, 0.5) is 17.1 Å². The van der Waals surface area contributed by atoms with Crippen LogP contribution in [0.25, 0.3) is 0 Å². The molecule has 0 spiro atoms. The summed E-state index contributed by atoms with van der Waals surface area (Å²) in [5.74, 6) is 0. The fourth-order valence-corrected chi connectivity index (χ4v) is 2.26. The Morgan fingerprint density at radius 2 is 2.05 bits per heavy atom. The van der Waals surface area contributed by atoms with Crippen LogP contribution in [0.5, 0.6) is 0 Å². The molecule has 2 rings (SSSR count). The maximum Gasteiger partial charge on any atom is 0.287 e. The SMILES string of the molecule is Cc1cc(Br)ccc1Nc1ccc([N+](=O)[O-])c(C#N)c1. The van der Waals surface area contributed by atoms with Crippen molar-refractivity contribution in [3.8, 4) is 6.07 Å². The minimum absolute atomic E-state index is 0.0368. The fourth-order valence-electron chi connectivity index (χ4n) is 1.79. The van der Waals surface area contributed by atoms with Gasteiger partial charge in [-0.05, 0) is 42.8 Å². The van der Waals surface area contributed by atoms with E-state index in [0.717, 1.165) is 15.7 Å². The van der Waals surface area contributed by atoms with Crippen molar-refractivity contribution >= 4 is 33.0 Å². The molecule has 0 saturated heterocycles. The van der Waals surface area contributed by atoms with Crippen LogP contribution in [0.1, 0.15) is 11.1 Å². The highest BCUT2D eigenvalue weighted by Crippen LogP contribution is 2.27. The lowest BCUT2D eigenvalue weighted by molar-refractivity contribution is -0.385. The van der Waals surface area contributed by atoms with Gasteiger partial charge in [0, 0.05) is 21.9 Å². The van der Waals surface area contributed by atoms with E-state index in [1.807, 2.05) is 31.2 Å². The van der Waals surface area contributed by atoms with Gasteiger partial charge in [-0.25, -0.2) is 0 Å². The summed E-state index contributed by atoms with van der Waals surface area (Å²) in [6.45, 7) is 1.95. The Balaban J connectivity index is 2.35. The summed E-state index contributed by atoms with van der Waals surface area (Å²) >= 11 is 3.38. The number of nitriles is 1. The quantitative estimate of drug-likeness (QED) is 0.672. The van der Waals surface area contributed by atoms with E-state index >= 15 is 0 Å². The van der Waals surface area contributed by atoms with Crippen LogP contribution in [0.15, 0.2) is 40.9 Å². The van der Waals surface area contributed by atoms with E-state index < -0.39 is 4.92 Å².